The van der Waals surface area contributed by atoms with Crippen molar-refractivity contribution in [1.29, 1.82) is 0 Å². The van der Waals surface area contributed by atoms with Crippen molar-refractivity contribution in [3.05, 3.63) is 28.8 Å². The maximum atomic E-state index is 12.7. The number of aliphatic hydroxyl groups is 1. The average molecular weight is 377 g/mol. The molecule has 0 aromatic heterocycles. The van der Waals surface area contributed by atoms with Gasteiger partial charge in [-0.3, -0.25) is 4.90 Å². The second kappa shape index (κ2) is 6.99. The molecule has 0 spiro atoms. The van der Waals surface area contributed by atoms with Crippen molar-refractivity contribution >= 4 is 6.09 Å². The van der Waals surface area contributed by atoms with Crippen LogP contribution in [0.5, 0.6) is 5.75 Å². The molecule has 1 aromatic rings. The van der Waals surface area contributed by atoms with E-state index in [0.717, 1.165) is 22.4 Å². The number of fused-ring (bicyclic) bond motifs is 2. The van der Waals surface area contributed by atoms with Crippen LogP contribution < -0.4 is 4.74 Å². The Balaban J connectivity index is 1.91. The van der Waals surface area contributed by atoms with Gasteiger partial charge in [0.05, 0.1) is 38.0 Å². The van der Waals surface area contributed by atoms with Gasteiger partial charge in [-0.2, -0.15) is 0 Å². The number of amides is 1. The molecular weight excluding hydrogens is 346 g/mol. The zero-order valence-corrected chi connectivity index (χ0v) is 17.2. The fourth-order valence-corrected chi connectivity index (χ4v) is 4.57. The Morgan fingerprint density at radius 1 is 1.19 bits per heavy atom. The zero-order chi connectivity index (χ0) is 20.0. The third-order valence-corrected chi connectivity index (χ3v) is 5.37. The van der Waals surface area contributed by atoms with Gasteiger partial charge in [0, 0.05) is 12.8 Å². The molecule has 1 aromatic carbocycles. The molecule has 0 radical (unpaired) electrons. The lowest BCUT2D eigenvalue weighted by Crippen LogP contribution is -2.63. The fourth-order valence-electron chi connectivity index (χ4n) is 4.57. The van der Waals surface area contributed by atoms with Gasteiger partial charge in [-0.1, -0.05) is 0 Å². The van der Waals surface area contributed by atoms with Crippen molar-refractivity contribution in [1.82, 2.24) is 4.90 Å². The summed E-state index contributed by atoms with van der Waals surface area (Å²) in [5.41, 5.74) is 1.38. The number of aryl methyl sites for hydroxylation is 2. The minimum Gasteiger partial charge on any atom is -0.497 e. The second-order valence-corrected chi connectivity index (χ2v) is 8.81. The molecule has 3 rings (SSSR count). The van der Waals surface area contributed by atoms with E-state index in [1.54, 1.807) is 12.0 Å². The highest BCUT2D eigenvalue weighted by Crippen LogP contribution is 2.44. The fraction of sp³-hybridized carbons (Fsp3) is 0.667. The maximum absolute atomic E-state index is 12.7. The summed E-state index contributed by atoms with van der Waals surface area (Å²) in [5, 5.41) is 11.6. The Morgan fingerprint density at radius 2 is 1.70 bits per heavy atom. The first-order valence-electron chi connectivity index (χ1n) is 9.51. The highest BCUT2D eigenvalue weighted by Gasteiger charge is 2.50. The van der Waals surface area contributed by atoms with Crippen molar-refractivity contribution in [2.24, 2.45) is 0 Å². The van der Waals surface area contributed by atoms with Gasteiger partial charge in [0.1, 0.15) is 11.4 Å². The predicted octanol–water partition coefficient (Wildman–Crippen LogP) is 3.30. The van der Waals surface area contributed by atoms with Gasteiger partial charge in [0.25, 0.3) is 0 Å². The van der Waals surface area contributed by atoms with Crippen LogP contribution in [0.4, 0.5) is 4.79 Å². The third kappa shape index (κ3) is 3.92. The van der Waals surface area contributed by atoms with Crippen molar-refractivity contribution in [2.45, 2.75) is 70.7 Å². The normalized spacial score (nSPS) is 28.0. The average Bonchev–Trinajstić information content (AvgIpc) is 2.51. The van der Waals surface area contributed by atoms with Crippen LogP contribution in [0.25, 0.3) is 0 Å². The largest absolute Gasteiger partial charge is 0.497 e. The number of carbonyl (C=O) groups is 1. The van der Waals surface area contributed by atoms with Crippen LogP contribution in [0.3, 0.4) is 0 Å². The first-order valence-corrected chi connectivity index (χ1v) is 9.51. The highest BCUT2D eigenvalue weighted by atomic mass is 16.6. The molecule has 150 valence electrons. The summed E-state index contributed by atoms with van der Waals surface area (Å²) in [6, 6.07) is 3.48. The number of hydrogen-bond donors (Lipinski definition) is 1. The molecule has 2 atom stereocenters. The molecule has 1 amide bonds. The summed E-state index contributed by atoms with van der Waals surface area (Å²) in [7, 11) is 1.64. The minimum atomic E-state index is -1.00. The first kappa shape index (κ1) is 20.0. The molecular formula is C21H31NO5. The SMILES string of the molecule is COc1cc(C)c(C2(O)CC3COCC(C2)N3C(=O)OC(C)(C)C)c(C)c1. The van der Waals surface area contributed by atoms with Gasteiger partial charge < -0.3 is 19.3 Å². The molecule has 2 heterocycles. The van der Waals surface area contributed by atoms with Gasteiger partial charge in [-0.25, -0.2) is 4.79 Å². The summed E-state index contributed by atoms with van der Waals surface area (Å²) in [6.07, 6.45) is 0.527. The van der Waals surface area contributed by atoms with Gasteiger partial charge in [-0.15, -0.1) is 0 Å². The minimum absolute atomic E-state index is 0.210. The van der Waals surface area contributed by atoms with Gasteiger partial charge in [0.15, 0.2) is 0 Å². The molecule has 27 heavy (non-hydrogen) atoms. The Bertz CT molecular complexity index is 687. The van der Waals surface area contributed by atoms with E-state index in [2.05, 4.69) is 0 Å². The van der Waals surface area contributed by atoms with E-state index in [1.165, 1.54) is 0 Å². The summed E-state index contributed by atoms with van der Waals surface area (Å²) in [4.78, 5) is 14.5. The molecule has 2 saturated heterocycles. The smallest absolute Gasteiger partial charge is 0.410 e. The number of hydrogen-bond acceptors (Lipinski definition) is 5. The van der Waals surface area contributed by atoms with Gasteiger partial charge in [0.2, 0.25) is 0 Å². The quantitative estimate of drug-likeness (QED) is 0.856. The summed E-state index contributed by atoms with van der Waals surface area (Å²) >= 11 is 0. The Hall–Kier alpha value is -1.79. The van der Waals surface area contributed by atoms with Crippen LogP contribution in [0.1, 0.15) is 50.3 Å². The standard InChI is InChI=1S/C21H31NO5/c1-13-7-17(25-6)8-14(2)18(13)21(24)9-15-11-26-12-16(10-21)22(15)19(23)27-20(3,4)5/h7-8,15-16,24H,9-12H2,1-6H3. The maximum Gasteiger partial charge on any atom is 0.410 e. The van der Waals surface area contributed by atoms with Crippen LogP contribution in [-0.4, -0.2) is 54.1 Å². The van der Waals surface area contributed by atoms with Crippen molar-refractivity contribution < 1.29 is 24.1 Å². The number of piperidine rings is 1. The van der Waals surface area contributed by atoms with Crippen LogP contribution in [0, 0.1) is 13.8 Å². The van der Waals surface area contributed by atoms with E-state index >= 15 is 0 Å². The molecule has 2 bridgehead atoms. The van der Waals surface area contributed by atoms with E-state index in [0.29, 0.717) is 26.1 Å². The van der Waals surface area contributed by atoms with Gasteiger partial charge in [-0.05, 0) is 63.4 Å². The molecule has 2 aliphatic rings. The lowest BCUT2D eigenvalue weighted by atomic mass is 9.74. The predicted molar refractivity (Wildman–Crippen MR) is 102 cm³/mol. The van der Waals surface area contributed by atoms with Crippen molar-refractivity contribution in [3.63, 3.8) is 0 Å². The molecule has 2 unspecified atom stereocenters. The van der Waals surface area contributed by atoms with Crippen LogP contribution >= 0.6 is 0 Å². The van der Waals surface area contributed by atoms with E-state index in [9.17, 15) is 9.90 Å². The number of methoxy groups -OCH3 is 1. The molecule has 1 N–H and O–H groups in total. The highest BCUT2D eigenvalue weighted by molar-refractivity contribution is 5.69. The second-order valence-electron chi connectivity index (χ2n) is 8.81. The van der Waals surface area contributed by atoms with Crippen molar-refractivity contribution in [3.8, 4) is 5.75 Å². The summed E-state index contributed by atoms with van der Waals surface area (Å²) in [5.74, 6) is 0.784. The molecule has 6 heteroatoms. The lowest BCUT2D eigenvalue weighted by Gasteiger charge is -2.52. The number of morpholine rings is 1. The monoisotopic (exact) mass is 377 g/mol. The van der Waals surface area contributed by atoms with E-state index in [1.807, 2.05) is 46.8 Å². The summed E-state index contributed by atoms with van der Waals surface area (Å²) < 4.78 is 16.6. The number of carbonyl (C=O) groups excluding carboxylic acids is 1. The van der Waals surface area contributed by atoms with Crippen molar-refractivity contribution in [2.75, 3.05) is 20.3 Å². The first-order chi connectivity index (χ1) is 12.5. The van der Waals surface area contributed by atoms with Gasteiger partial charge >= 0.3 is 6.09 Å². The van der Waals surface area contributed by atoms with E-state index in [-0.39, 0.29) is 18.2 Å². The third-order valence-electron chi connectivity index (χ3n) is 5.37. The number of rotatable bonds is 2. The Kier molecular flexibility index (Phi) is 5.16. The van der Waals surface area contributed by atoms with Crippen LogP contribution in [0.15, 0.2) is 12.1 Å². The molecule has 0 aliphatic carbocycles. The van der Waals surface area contributed by atoms with Crippen LogP contribution in [0.2, 0.25) is 0 Å². The van der Waals surface area contributed by atoms with E-state index < -0.39 is 11.2 Å². The molecule has 2 aliphatic heterocycles. The van der Waals surface area contributed by atoms with E-state index in [4.69, 9.17) is 14.2 Å². The number of ether oxygens (including phenoxy) is 3. The Labute approximate surface area is 161 Å². The summed E-state index contributed by atoms with van der Waals surface area (Å²) in [6.45, 7) is 10.4. The number of benzene rings is 1. The number of nitrogens with zero attached hydrogens (tertiary/aromatic N) is 1. The van der Waals surface area contributed by atoms with Crippen LogP contribution in [-0.2, 0) is 15.1 Å². The molecule has 2 fully saturated rings. The zero-order valence-electron chi connectivity index (χ0n) is 17.2. The topological polar surface area (TPSA) is 68.2 Å². The molecule has 0 saturated carbocycles. The molecule has 6 nitrogen and oxygen atoms in total. The lowest BCUT2D eigenvalue weighted by molar-refractivity contribution is -0.141. The Morgan fingerprint density at radius 3 is 2.15 bits per heavy atom.